The first kappa shape index (κ1) is 19.0. The van der Waals surface area contributed by atoms with E-state index < -0.39 is 11.9 Å². The van der Waals surface area contributed by atoms with Crippen molar-refractivity contribution in [2.45, 2.75) is 6.92 Å². The predicted octanol–water partition coefficient (Wildman–Crippen LogP) is 4.64. The zero-order chi connectivity index (χ0) is 21.4. The SMILES string of the molecule is Cc1cccc(-n2nc(C(=O)Nc3ccc(F)nc3)cc2-c2ccc3ncsc3c2)n1. The maximum absolute atomic E-state index is 13.0. The van der Waals surface area contributed by atoms with Gasteiger partial charge in [0.1, 0.15) is 0 Å². The van der Waals surface area contributed by atoms with Crippen LogP contribution in [0.4, 0.5) is 10.1 Å². The lowest BCUT2D eigenvalue weighted by Crippen LogP contribution is -2.13. The highest BCUT2D eigenvalue weighted by Crippen LogP contribution is 2.28. The topological polar surface area (TPSA) is 85.6 Å². The molecule has 0 aliphatic carbocycles. The summed E-state index contributed by atoms with van der Waals surface area (Å²) in [6.07, 6.45) is 1.25. The molecule has 0 fully saturated rings. The second-order valence-electron chi connectivity index (χ2n) is 6.82. The van der Waals surface area contributed by atoms with Crippen LogP contribution in [0.2, 0.25) is 0 Å². The first-order valence-electron chi connectivity index (χ1n) is 9.37. The summed E-state index contributed by atoms with van der Waals surface area (Å²) in [5.74, 6) is -0.449. The first-order chi connectivity index (χ1) is 15.1. The molecule has 0 saturated carbocycles. The van der Waals surface area contributed by atoms with Crippen LogP contribution in [0, 0.1) is 12.9 Å². The third-order valence-corrected chi connectivity index (χ3v) is 5.44. The number of pyridine rings is 2. The number of thiazole rings is 1. The summed E-state index contributed by atoms with van der Waals surface area (Å²) in [5.41, 5.74) is 5.72. The van der Waals surface area contributed by atoms with Crippen molar-refractivity contribution in [2.24, 2.45) is 0 Å². The van der Waals surface area contributed by atoms with Gasteiger partial charge in [-0.2, -0.15) is 9.49 Å². The highest BCUT2D eigenvalue weighted by molar-refractivity contribution is 7.16. The minimum Gasteiger partial charge on any atom is -0.319 e. The molecular weight excluding hydrogens is 415 g/mol. The van der Waals surface area contributed by atoms with Gasteiger partial charge >= 0.3 is 0 Å². The summed E-state index contributed by atoms with van der Waals surface area (Å²) < 4.78 is 15.7. The van der Waals surface area contributed by atoms with Crippen molar-refractivity contribution in [1.82, 2.24) is 24.7 Å². The molecular formula is C22H15FN6OS. The van der Waals surface area contributed by atoms with E-state index in [1.54, 1.807) is 27.6 Å². The van der Waals surface area contributed by atoms with Gasteiger partial charge in [0, 0.05) is 11.3 Å². The molecule has 1 N–H and O–H groups in total. The van der Waals surface area contributed by atoms with Crippen LogP contribution in [0.1, 0.15) is 16.2 Å². The number of hydrogen-bond acceptors (Lipinski definition) is 6. The maximum Gasteiger partial charge on any atom is 0.276 e. The van der Waals surface area contributed by atoms with Crippen molar-refractivity contribution in [1.29, 1.82) is 0 Å². The van der Waals surface area contributed by atoms with E-state index in [1.807, 2.05) is 43.3 Å². The Morgan fingerprint density at radius 3 is 2.81 bits per heavy atom. The van der Waals surface area contributed by atoms with Gasteiger partial charge < -0.3 is 5.32 Å². The molecule has 152 valence electrons. The van der Waals surface area contributed by atoms with E-state index in [9.17, 15) is 9.18 Å². The Hall–Kier alpha value is -3.98. The predicted molar refractivity (Wildman–Crippen MR) is 117 cm³/mol. The molecule has 5 aromatic rings. The number of nitrogens with one attached hydrogen (secondary N) is 1. The van der Waals surface area contributed by atoms with Crippen molar-refractivity contribution < 1.29 is 9.18 Å². The smallest absolute Gasteiger partial charge is 0.276 e. The largest absolute Gasteiger partial charge is 0.319 e. The average Bonchev–Trinajstić information content (AvgIpc) is 3.42. The number of aryl methyl sites for hydroxylation is 1. The van der Waals surface area contributed by atoms with Gasteiger partial charge in [-0.1, -0.05) is 12.1 Å². The number of rotatable bonds is 4. The standard InChI is InChI=1S/C22H15FN6OS/c1-13-3-2-4-21(26-13)29-18(14-5-7-16-19(9-14)31-12-25-16)10-17(28-29)22(30)27-15-6-8-20(23)24-11-15/h2-12H,1H3,(H,27,30). The number of hydrogen-bond donors (Lipinski definition) is 1. The number of anilines is 1. The van der Waals surface area contributed by atoms with E-state index in [-0.39, 0.29) is 5.69 Å². The number of nitrogens with zero attached hydrogens (tertiary/aromatic N) is 5. The van der Waals surface area contributed by atoms with Crippen LogP contribution in [0.3, 0.4) is 0 Å². The van der Waals surface area contributed by atoms with Gasteiger partial charge in [0.15, 0.2) is 11.5 Å². The van der Waals surface area contributed by atoms with Gasteiger partial charge in [-0.3, -0.25) is 4.79 Å². The summed E-state index contributed by atoms with van der Waals surface area (Å²) in [7, 11) is 0. The second-order valence-corrected chi connectivity index (χ2v) is 7.71. The Labute approximate surface area is 180 Å². The molecule has 0 aliphatic heterocycles. The third kappa shape index (κ3) is 3.78. The number of fused-ring (bicyclic) bond motifs is 1. The Kier molecular flexibility index (Phi) is 4.72. The monoisotopic (exact) mass is 430 g/mol. The van der Waals surface area contributed by atoms with Crippen LogP contribution in [0.15, 0.2) is 66.3 Å². The van der Waals surface area contributed by atoms with Crippen molar-refractivity contribution in [3.63, 3.8) is 0 Å². The highest BCUT2D eigenvalue weighted by Gasteiger charge is 2.18. The minimum atomic E-state index is -0.617. The van der Waals surface area contributed by atoms with Crippen molar-refractivity contribution in [3.05, 3.63) is 83.6 Å². The molecule has 1 amide bonds. The summed E-state index contributed by atoms with van der Waals surface area (Å²) in [5, 5.41) is 7.21. The van der Waals surface area contributed by atoms with Gasteiger partial charge in [-0.15, -0.1) is 11.3 Å². The lowest BCUT2D eigenvalue weighted by molar-refractivity contribution is 0.102. The summed E-state index contributed by atoms with van der Waals surface area (Å²) in [4.78, 5) is 25.3. The van der Waals surface area contributed by atoms with Gasteiger partial charge in [0.05, 0.1) is 33.3 Å². The average molecular weight is 430 g/mol. The first-order valence-corrected chi connectivity index (χ1v) is 10.3. The van der Waals surface area contributed by atoms with Crippen LogP contribution >= 0.6 is 11.3 Å². The molecule has 4 aromatic heterocycles. The number of amides is 1. The van der Waals surface area contributed by atoms with Crippen LogP contribution in [-0.2, 0) is 0 Å². The summed E-state index contributed by atoms with van der Waals surface area (Å²) in [6.45, 7) is 1.89. The number of aromatic nitrogens is 5. The van der Waals surface area contributed by atoms with Crippen LogP contribution < -0.4 is 5.32 Å². The van der Waals surface area contributed by atoms with Gasteiger partial charge in [0.25, 0.3) is 5.91 Å². The number of carbonyl (C=O) groups is 1. The third-order valence-electron chi connectivity index (χ3n) is 4.64. The number of halogens is 1. The fourth-order valence-electron chi connectivity index (χ4n) is 3.18. The van der Waals surface area contributed by atoms with E-state index in [0.29, 0.717) is 11.5 Å². The zero-order valence-corrected chi connectivity index (χ0v) is 17.1. The van der Waals surface area contributed by atoms with Crippen LogP contribution in [0.5, 0.6) is 0 Å². The molecule has 9 heteroatoms. The molecule has 4 heterocycles. The molecule has 0 bridgehead atoms. The van der Waals surface area contributed by atoms with E-state index in [0.717, 1.165) is 27.2 Å². The van der Waals surface area contributed by atoms with E-state index >= 15 is 0 Å². The molecule has 0 aliphatic rings. The molecule has 0 spiro atoms. The van der Waals surface area contributed by atoms with Crippen LogP contribution in [-0.4, -0.2) is 30.6 Å². The van der Waals surface area contributed by atoms with Crippen molar-refractivity contribution >= 4 is 33.1 Å². The lowest BCUT2D eigenvalue weighted by Gasteiger charge is -2.07. The molecule has 31 heavy (non-hydrogen) atoms. The van der Waals surface area contributed by atoms with E-state index in [1.165, 1.54) is 18.3 Å². The Morgan fingerprint density at radius 2 is 2.00 bits per heavy atom. The normalized spacial score (nSPS) is 11.0. The van der Waals surface area contributed by atoms with E-state index in [2.05, 4.69) is 25.4 Å². The van der Waals surface area contributed by atoms with E-state index in [4.69, 9.17) is 0 Å². The zero-order valence-electron chi connectivity index (χ0n) is 16.3. The number of carbonyl (C=O) groups excluding carboxylic acids is 1. The van der Waals surface area contributed by atoms with Crippen molar-refractivity contribution in [3.8, 4) is 17.1 Å². The number of benzene rings is 1. The summed E-state index contributed by atoms with van der Waals surface area (Å²) in [6, 6.07) is 15.8. The Morgan fingerprint density at radius 1 is 1.10 bits per heavy atom. The Balaban J connectivity index is 1.59. The van der Waals surface area contributed by atoms with Gasteiger partial charge in [-0.25, -0.2) is 19.6 Å². The van der Waals surface area contributed by atoms with Gasteiger partial charge in [0.2, 0.25) is 5.95 Å². The quantitative estimate of drug-likeness (QED) is 0.420. The maximum atomic E-state index is 13.0. The molecule has 0 unspecified atom stereocenters. The molecule has 0 saturated heterocycles. The Bertz CT molecular complexity index is 1410. The fourth-order valence-corrected chi connectivity index (χ4v) is 3.89. The lowest BCUT2D eigenvalue weighted by atomic mass is 10.1. The molecule has 5 rings (SSSR count). The highest BCUT2D eigenvalue weighted by atomic mass is 32.1. The van der Waals surface area contributed by atoms with Crippen molar-refractivity contribution in [2.75, 3.05) is 5.32 Å². The molecule has 7 nitrogen and oxygen atoms in total. The fraction of sp³-hybridized carbons (Fsp3) is 0.0455. The summed E-state index contributed by atoms with van der Waals surface area (Å²) >= 11 is 1.54. The minimum absolute atomic E-state index is 0.201. The molecule has 1 aromatic carbocycles. The molecule has 0 radical (unpaired) electrons. The molecule has 0 atom stereocenters. The van der Waals surface area contributed by atoms with Gasteiger partial charge in [-0.05, 0) is 49.4 Å². The van der Waals surface area contributed by atoms with Crippen LogP contribution in [0.25, 0.3) is 27.3 Å². The second kappa shape index (κ2) is 7.69.